The second kappa shape index (κ2) is 7.97. The second-order valence-electron chi connectivity index (χ2n) is 7.00. The monoisotopic (exact) mass is 355 g/mol. The number of carbonyl (C=O) groups is 1. The molecule has 0 unspecified atom stereocenters. The fourth-order valence-electron chi connectivity index (χ4n) is 3.78. The molecule has 1 N–H and O–H groups in total. The van der Waals surface area contributed by atoms with Crippen molar-refractivity contribution in [3.63, 3.8) is 0 Å². The van der Waals surface area contributed by atoms with E-state index in [1.807, 2.05) is 23.2 Å². The SMILES string of the molecule is O=C(c1cccc([C@H]2CCCN(Cc3cnc[nH]3)C2)n1)N1CCOCC1. The molecule has 2 aromatic rings. The number of morpholine rings is 1. The summed E-state index contributed by atoms with van der Waals surface area (Å²) in [5, 5.41) is 0. The Morgan fingerprint density at radius 2 is 2.15 bits per heavy atom. The minimum atomic E-state index is 0.0141. The Bertz CT molecular complexity index is 727. The van der Waals surface area contributed by atoms with Crippen LogP contribution in [0.25, 0.3) is 0 Å². The molecule has 0 spiro atoms. The number of nitrogens with one attached hydrogen (secondary N) is 1. The second-order valence-corrected chi connectivity index (χ2v) is 7.00. The highest BCUT2D eigenvalue weighted by atomic mass is 16.5. The van der Waals surface area contributed by atoms with Gasteiger partial charge in [0.1, 0.15) is 5.69 Å². The first-order chi connectivity index (χ1) is 12.8. The summed E-state index contributed by atoms with van der Waals surface area (Å²) in [6, 6.07) is 5.84. The van der Waals surface area contributed by atoms with Crippen LogP contribution in [0, 0.1) is 0 Å². The largest absolute Gasteiger partial charge is 0.378 e. The van der Waals surface area contributed by atoms with Crippen LogP contribution in [-0.4, -0.2) is 70.1 Å². The zero-order chi connectivity index (χ0) is 17.8. The smallest absolute Gasteiger partial charge is 0.272 e. The lowest BCUT2D eigenvalue weighted by Crippen LogP contribution is -2.41. The van der Waals surface area contributed by atoms with Gasteiger partial charge in [0.05, 0.1) is 19.5 Å². The molecule has 2 aliphatic rings. The lowest BCUT2D eigenvalue weighted by Gasteiger charge is -2.32. The number of carbonyl (C=O) groups excluding carboxylic acids is 1. The Balaban J connectivity index is 1.44. The van der Waals surface area contributed by atoms with E-state index in [2.05, 4.69) is 20.9 Å². The predicted octanol–water partition coefficient (Wildman–Crippen LogP) is 1.66. The lowest BCUT2D eigenvalue weighted by atomic mass is 9.94. The summed E-state index contributed by atoms with van der Waals surface area (Å²) in [5.74, 6) is 0.379. The van der Waals surface area contributed by atoms with E-state index in [0.717, 1.165) is 43.9 Å². The number of amides is 1. The molecular formula is C19H25N5O2. The van der Waals surface area contributed by atoms with Crippen molar-refractivity contribution in [2.45, 2.75) is 25.3 Å². The van der Waals surface area contributed by atoms with Gasteiger partial charge in [0.25, 0.3) is 5.91 Å². The zero-order valence-electron chi connectivity index (χ0n) is 14.9. The van der Waals surface area contributed by atoms with Gasteiger partial charge in [-0.25, -0.2) is 9.97 Å². The third kappa shape index (κ3) is 3.94. The molecule has 2 aromatic heterocycles. The van der Waals surface area contributed by atoms with Crippen molar-refractivity contribution in [3.05, 3.63) is 47.8 Å². The molecule has 4 heterocycles. The Morgan fingerprint density at radius 1 is 1.27 bits per heavy atom. The molecule has 2 aliphatic heterocycles. The average Bonchev–Trinajstić information content (AvgIpc) is 3.21. The summed E-state index contributed by atoms with van der Waals surface area (Å²) >= 11 is 0. The molecule has 138 valence electrons. The number of rotatable bonds is 4. The number of likely N-dealkylation sites (tertiary alicyclic amines) is 1. The number of H-pyrrole nitrogens is 1. The van der Waals surface area contributed by atoms with Crippen LogP contribution >= 0.6 is 0 Å². The van der Waals surface area contributed by atoms with Gasteiger partial charge < -0.3 is 14.6 Å². The number of aromatic amines is 1. The highest BCUT2D eigenvalue weighted by molar-refractivity contribution is 5.92. The van der Waals surface area contributed by atoms with Gasteiger partial charge in [-0.2, -0.15) is 0 Å². The van der Waals surface area contributed by atoms with Gasteiger partial charge in [-0.05, 0) is 31.5 Å². The highest BCUT2D eigenvalue weighted by Crippen LogP contribution is 2.26. The summed E-state index contributed by atoms with van der Waals surface area (Å²) in [4.78, 5) is 29.0. The van der Waals surface area contributed by atoms with Gasteiger partial charge in [0.2, 0.25) is 0 Å². The summed E-state index contributed by atoms with van der Waals surface area (Å²) in [6.07, 6.45) is 5.85. The van der Waals surface area contributed by atoms with Crippen LogP contribution < -0.4 is 0 Å². The fraction of sp³-hybridized carbons (Fsp3) is 0.526. The van der Waals surface area contributed by atoms with Gasteiger partial charge in [0, 0.05) is 49.7 Å². The van der Waals surface area contributed by atoms with Crippen LogP contribution in [-0.2, 0) is 11.3 Å². The van der Waals surface area contributed by atoms with Crippen molar-refractivity contribution < 1.29 is 9.53 Å². The first-order valence-electron chi connectivity index (χ1n) is 9.33. The van der Waals surface area contributed by atoms with E-state index in [9.17, 15) is 4.79 Å². The van der Waals surface area contributed by atoms with Crippen LogP contribution in [0.15, 0.2) is 30.7 Å². The summed E-state index contributed by atoms with van der Waals surface area (Å²) in [7, 11) is 0. The van der Waals surface area contributed by atoms with Gasteiger partial charge >= 0.3 is 0 Å². The maximum Gasteiger partial charge on any atom is 0.272 e. The number of hydrogen-bond donors (Lipinski definition) is 1. The summed E-state index contributed by atoms with van der Waals surface area (Å²) in [6.45, 7) is 5.43. The number of nitrogens with zero attached hydrogens (tertiary/aromatic N) is 4. The Morgan fingerprint density at radius 3 is 2.96 bits per heavy atom. The van der Waals surface area contributed by atoms with Crippen molar-refractivity contribution in [1.29, 1.82) is 0 Å². The molecule has 2 fully saturated rings. The van der Waals surface area contributed by atoms with Crippen LogP contribution in [0.3, 0.4) is 0 Å². The van der Waals surface area contributed by atoms with Crippen LogP contribution in [0.1, 0.15) is 40.6 Å². The third-order valence-corrected chi connectivity index (χ3v) is 5.16. The Kier molecular flexibility index (Phi) is 5.26. The van der Waals surface area contributed by atoms with Crippen molar-refractivity contribution in [2.24, 2.45) is 0 Å². The molecule has 7 nitrogen and oxygen atoms in total. The molecule has 0 bridgehead atoms. The maximum absolute atomic E-state index is 12.7. The van der Waals surface area contributed by atoms with E-state index >= 15 is 0 Å². The van der Waals surface area contributed by atoms with E-state index in [1.54, 1.807) is 6.33 Å². The molecule has 0 radical (unpaired) electrons. The highest BCUT2D eigenvalue weighted by Gasteiger charge is 2.25. The molecule has 4 rings (SSSR count). The van der Waals surface area contributed by atoms with E-state index in [1.165, 1.54) is 0 Å². The van der Waals surface area contributed by atoms with Gasteiger partial charge in [-0.1, -0.05) is 6.07 Å². The number of hydrogen-bond acceptors (Lipinski definition) is 5. The van der Waals surface area contributed by atoms with Crippen molar-refractivity contribution in [1.82, 2.24) is 24.8 Å². The van der Waals surface area contributed by atoms with Crippen LogP contribution in [0.4, 0.5) is 0 Å². The first-order valence-corrected chi connectivity index (χ1v) is 9.33. The van der Waals surface area contributed by atoms with Gasteiger partial charge in [-0.3, -0.25) is 9.69 Å². The van der Waals surface area contributed by atoms with E-state index in [0.29, 0.717) is 37.9 Å². The minimum absolute atomic E-state index is 0.0141. The Hall–Kier alpha value is -2.25. The number of piperidine rings is 1. The van der Waals surface area contributed by atoms with Gasteiger partial charge in [0.15, 0.2) is 0 Å². The number of aromatic nitrogens is 3. The third-order valence-electron chi connectivity index (χ3n) is 5.16. The molecule has 0 saturated carbocycles. The molecule has 1 atom stereocenters. The van der Waals surface area contributed by atoms with Crippen LogP contribution in [0.5, 0.6) is 0 Å². The quantitative estimate of drug-likeness (QED) is 0.903. The molecule has 0 aliphatic carbocycles. The zero-order valence-corrected chi connectivity index (χ0v) is 14.9. The first kappa shape index (κ1) is 17.2. The number of pyridine rings is 1. The van der Waals surface area contributed by atoms with Gasteiger partial charge in [-0.15, -0.1) is 0 Å². The molecule has 1 amide bonds. The van der Waals surface area contributed by atoms with Crippen molar-refractivity contribution in [3.8, 4) is 0 Å². The van der Waals surface area contributed by atoms with E-state index in [-0.39, 0.29) is 5.91 Å². The summed E-state index contributed by atoms with van der Waals surface area (Å²) < 4.78 is 5.33. The summed E-state index contributed by atoms with van der Waals surface area (Å²) in [5.41, 5.74) is 2.71. The molecule has 26 heavy (non-hydrogen) atoms. The van der Waals surface area contributed by atoms with E-state index in [4.69, 9.17) is 9.72 Å². The van der Waals surface area contributed by atoms with Crippen molar-refractivity contribution in [2.75, 3.05) is 39.4 Å². The Labute approximate surface area is 153 Å². The van der Waals surface area contributed by atoms with Crippen molar-refractivity contribution >= 4 is 5.91 Å². The maximum atomic E-state index is 12.7. The predicted molar refractivity (Wildman–Crippen MR) is 96.8 cm³/mol. The average molecular weight is 355 g/mol. The topological polar surface area (TPSA) is 74.4 Å². The standard InChI is InChI=1S/C19H25N5O2/c25-19(24-7-9-26-10-8-24)18-5-1-4-17(22-18)15-3-2-6-23(12-15)13-16-11-20-14-21-16/h1,4-5,11,14-15H,2-3,6-10,12-13H2,(H,20,21)/t15-/m0/s1. The molecule has 0 aromatic carbocycles. The minimum Gasteiger partial charge on any atom is -0.378 e. The van der Waals surface area contributed by atoms with E-state index < -0.39 is 0 Å². The number of ether oxygens (including phenoxy) is 1. The molecule has 7 heteroatoms. The molecular weight excluding hydrogens is 330 g/mol. The lowest BCUT2D eigenvalue weighted by molar-refractivity contribution is 0.0298. The van der Waals surface area contributed by atoms with Crippen LogP contribution in [0.2, 0.25) is 0 Å². The fourth-order valence-corrected chi connectivity index (χ4v) is 3.78. The number of imidazole rings is 1. The molecule has 2 saturated heterocycles. The normalized spacial score (nSPS) is 21.7.